The molecule has 1 amide bonds. The van der Waals surface area contributed by atoms with Gasteiger partial charge in [-0.25, -0.2) is 8.42 Å². The van der Waals surface area contributed by atoms with Crippen molar-refractivity contribution in [2.45, 2.75) is 30.6 Å². The maximum absolute atomic E-state index is 12.8. The first-order chi connectivity index (χ1) is 13.6. The summed E-state index contributed by atoms with van der Waals surface area (Å²) in [5.74, 6) is -0.163. The van der Waals surface area contributed by atoms with Crippen molar-refractivity contribution in [1.29, 1.82) is 0 Å². The van der Waals surface area contributed by atoms with E-state index in [1.807, 2.05) is 18.2 Å². The minimum Gasteiger partial charge on any atom is -0.356 e. The van der Waals surface area contributed by atoms with Crippen LogP contribution in [-0.4, -0.2) is 54.7 Å². The smallest absolute Gasteiger partial charge is 0.270 e. The molecule has 7 heteroatoms. The fraction of sp³-hybridized carbons (Fsp3) is 0.381. The second-order valence-electron chi connectivity index (χ2n) is 7.31. The predicted molar refractivity (Wildman–Crippen MR) is 108 cm³/mol. The Kier molecular flexibility index (Phi) is 5.37. The summed E-state index contributed by atoms with van der Waals surface area (Å²) in [6, 6.07) is 11.6. The highest BCUT2D eigenvalue weighted by atomic mass is 32.2. The van der Waals surface area contributed by atoms with E-state index in [4.69, 9.17) is 0 Å². The molecule has 0 spiro atoms. The van der Waals surface area contributed by atoms with Gasteiger partial charge in [-0.3, -0.25) is 4.79 Å². The van der Waals surface area contributed by atoms with Crippen LogP contribution in [0.5, 0.6) is 0 Å². The van der Waals surface area contributed by atoms with Crippen LogP contribution < -0.4 is 0 Å². The van der Waals surface area contributed by atoms with Gasteiger partial charge in [0.15, 0.2) is 0 Å². The molecule has 0 atom stereocenters. The maximum atomic E-state index is 12.8. The van der Waals surface area contributed by atoms with E-state index in [1.165, 1.54) is 27.7 Å². The van der Waals surface area contributed by atoms with Gasteiger partial charge in [0.05, 0.1) is 0 Å². The van der Waals surface area contributed by atoms with Crippen LogP contribution in [0, 0.1) is 0 Å². The first kappa shape index (κ1) is 19.0. The molecule has 28 heavy (non-hydrogen) atoms. The number of hydrogen-bond donors (Lipinski definition) is 1. The van der Waals surface area contributed by atoms with Crippen LogP contribution in [-0.2, 0) is 10.0 Å². The average molecular weight is 400 g/mol. The van der Waals surface area contributed by atoms with Crippen molar-refractivity contribution in [1.82, 2.24) is 14.2 Å². The Morgan fingerprint density at radius 1 is 1.00 bits per heavy atom. The predicted octanol–water partition coefficient (Wildman–Crippen LogP) is 3.12. The first-order valence-corrected chi connectivity index (χ1v) is 11.2. The minimum atomic E-state index is -3.53. The molecule has 2 aliphatic heterocycles. The van der Waals surface area contributed by atoms with Gasteiger partial charge in [0, 0.05) is 32.4 Å². The van der Waals surface area contributed by atoms with Gasteiger partial charge >= 0.3 is 0 Å². The lowest BCUT2D eigenvalue weighted by atomic mass is 9.99. The molecular formula is C21H25N3O3S. The summed E-state index contributed by atoms with van der Waals surface area (Å²) in [6.45, 7) is 2.25. The summed E-state index contributed by atoms with van der Waals surface area (Å²) in [6.07, 6.45) is 7.14. The number of piperidine rings is 1. The van der Waals surface area contributed by atoms with Crippen LogP contribution >= 0.6 is 0 Å². The summed E-state index contributed by atoms with van der Waals surface area (Å²) in [4.78, 5) is 17.6. The number of carbonyl (C=O) groups excluding carboxylic acids is 1. The Morgan fingerprint density at radius 2 is 1.75 bits per heavy atom. The molecule has 4 rings (SSSR count). The van der Waals surface area contributed by atoms with Crippen molar-refractivity contribution in [3.8, 4) is 0 Å². The second kappa shape index (κ2) is 7.93. The summed E-state index contributed by atoms with van der Waals surface area (Å²) in [5, 5.41) is 0. The molecule has 1 fully saturated rings. The van der Waals surface area contributed by atoms with Gasteiger partial charge in [-0.2, -0.15) is 4.31 Å². The van der Waals surface area contributed by atoms with Gasteiger partial charge in [-0.05, 0) is 36.5 Å². The number of nitrogens with one attached hydrogen (secondary N) is 1. The van der Waals surface area contributed by atoms with Crippen molar-refractivity contribution in [2.24, 2.45) is 0 Å². The molecule has 3 heterocycles. The van der Waals surface area contributed by atoms with Crippen LogP contribution in [0.3, 0.4) is 0 Å². The van der Waals surface area contributed by atoms with E-state index in [1.54, 1.807) is 4.90 Å². The van der Waals surface area contributed by atoms with Gasteiger partial charge in [0.25, 0.3) is 5.91 Å². The number of amides is 1. The largest absolute Gasteiger partial charge is 0.356 e. The van der Waals surface area contributed by atoms with E-state index in [2.05, 4.69) is 23.2 Å². The van der Waals surface area contributed by atoms with Crippen LogP contribution in [0.15, 0.2) is 53.6 Å². The lowest BCUT2D eigenvalue weighted by Gasteiger charge is -2.26. The van der Waals surface area contributed by atoms with Crippen molar-refractivity contribution < 1.29 is 13.2 Å². The SMILES string of the molecule is O=C(c1cc(S(=O)(=O)N2CCCCC2)c[nH]1)N1CC=C(c2ccccc2)CC1. The molecule has 2 aliphatic rings. The van der Waals surface area contributed by atoms with Crippen molar-refractivity contribution in [3.63, 3.8) is 0 Å². The Balaban J connectivity index is 1.46. The van der Waals surface area contributed by atoms with Crippen LogP contribution in [0.25, 0.3) is 5.57 Å². The van der Waals surface area contributed by atoms with Gasteiger partial charge < -0.3 is 9.88 Å². The fourth-order valence-electron chi connectivity index (χ4n) is 3.84. The third-order valence-corrected chi connectivity index (χ3v) is 7.36. The number of nitrogens with zero attached hydrogens (tertiary/aromatic N) is 2. The molecule has 2 aromatic rings. The Labute approximate surface area is 165 Å². The monoisotopic (exact) mass is 399 g/mol. The van der Waals surface area contributed by atoms with E-state index >= 15 is 0 Å². The molecule has 148 valence electrons. The molecule has 1 N–H and O–H groups in total. The lowest BCUT2D eigenvalue weighted by Crippen LogP contribution is -2.35. The highest BCUT2D eigenvalue weighted by molar-refractivity contribution is 7.89. The highest BCUT2D eigenvalue weighted by Gasteiger charge is 2.28. The Bertz CT molecular complexity index is 973. The average Bonchev–Trinajstić information content (AvgIpc) is 3.26. The lowest BCUT2D eigenvalue weighted by molar-refractivity contribution is 0.0767. The molecule has 0 saturated carbocycles. The van der Waals surface area contributed by atoms with E-state index in [0.29, 0.717) is 31.9 Å². The zero-order chi connectivity index (χ0) is 19.6. The maximum Gasteiger partial charge on any atom is 0.270 e. The molecule has 6 nitrogen and oxygen atoms in total. The van der Waals surface area contributed by atoms with Crippen LogP contribution in [0.4, 0.5) is 0 Å². The molecule has 1 saturated heterocycles. The summed E-state index contributed by atoms with van der Waals surface area (Å²) in [7, 11) is -3.53. The highest BCUT2D eigenvalue weighted by Crippen LogP contribution is 2.24. The number of aromatic nitrogens is 1. The molecule has 1 aromatic carbocycles. The zero-order valence-corrected chi connectivity index (χ0v) is 16.6. The number of aromatic amines is 1. The molecule has 0 aliphatic carbocycles. The van der Waals surface area contributed by atoms with E-state index in [-0.39, 0.29) is 10.8 Å². The van der Waals surface area contributed by atoms with E-state index in [9.17, 15) is 13.2 Å². The summed E-state index contributed by atoms with van der Waals surface area (Å²) in [5.41, 5.74) is 2.75. The Morgan fingerprint density at radius 3 is 2.43 bits per heavy atom. The zero-order valence-electron chi connectivity index (χ0n) is 15.8. The molecule has 0 unspecified atom stereocenters. The minimum absolute atomic E-state index is 0.163. The second-order valence-corrected chi connectivity index (χ2v) is 9.25. The quantitative estimate of drug-likeness (QED) is 0.858. The fourth-order valence-corrected chi connectivity index (χ4v) is 5.35. The van der Waals surface area contributed by atoms with Crippen LogP contribution in [0.1, 0.15) is 41.7 Å². The van der Waals surface area contributed by atoms with Crippen molar-refractivity contribution in [2.75, 3.05) is 26.2 Å². The normalized spacial score (nSPS) is 18.7. The van der Waals surface area contributed by atoms with E-state index in [0.717, 1.165) is 25.7 Å². The third kappa shape index (κ3) is 3.77. The number of carbonyl (C=O) groups is 1. The van der Waals surface area contributed by atoms with Gasteiger partial charge in [-0.1, -0.05) is 42.8 Å². The number of rotatable bonds is 4. The summed E-state index contributed by atoms with van der Waals surface area (Å²) < 4.78 is 27.1. The topological polar surface area (TPSA) is 73.5 Å². The van der Waals surface area contributed by atoms with Crippen molar-refractivity contribution >= 4 is 21.5 Å². The number of benzene rings is 1. The van der Waals surface area contributed by atoms with E-state index < -0.39 is 10.0 Å². The first-order valence-electron chi connectivity index (χ1n) is 9.78. The van der Waals surface area contributed by atoms with Gasteiger partial charge in [-0.15, -0.1) is 0 Å². The standard InChI is InChI=1S/C21H25N3O3S/c25-21(23-13-9-18(10-14-23)17-7-3-1-4-8-17)20-15-19(16-22-20)28(26,27)24-11-5-2-6-12-24/h1,3-4,7-9,15-16,22H,2,5-6,10-14H2. The third-order valence-electron chi connectivity index (χ3n) is 5.48. The number of H-pyrrole nitrogens is 1. The summed E-state index contributed by atoms with van der Waals surface area (Å²) >= 11 is 0. The molecule has 0 radical (unpaired) electrons. The van der Waals surface area contributed by atoms with Gasteiger partial charge in [0.2, 0.25) is 10.0 Å². The molecular weight excluding hydrogens is 374 g/mol. The number of hydrogen-bond acceptors (Lipinski definition) is 3. The Hall–Kier alpha value is -2.38. The van der Waals surface area contributed by atoms with Crippen molar-refractivity contribution in [3.05, 3.63) is 59.9 Å². The molecule has 0 bridgehead atoms. The number of sulfonamides is 1. The van der Waals surface area contributed by atoms with Gasteiger partial charge in [0.1, 0.15) is 10.6 Å². The van der Waals surface area contributed by atoms with Crippen LogP contribution in [0.2, 0.25) is 0 Å². The molecule has 1 aromatic heterocycles.